The van der Waals surface area contributed by atoms with E-state index in [9.17, 15) is 22.4 Å². The molecule has 8 nitrogen and oxygen atoms in total. The van der Waals surface area contributed by atoms with Crippen molar-refractivity contribution in [3.8, 4) is 0 Å². The SMILES string of the molecule is CCN(CC)CCNC.Cc1[nH]c(/C=C2\C(=O)Nc3ccc(S(=O)(=O)Cc4ccc(F)cc4)cc32)c(C)c1C=O. The van der Waals surface area contributed by atoms with E-state index >= 15 is 0 Å². The van der Waals surface area contributed by atoms with Crippen LogP contribution in [-0.4, -0.2) is 63.7 Å². The summed E-state index contributed by atoms with van der Waals surface area (Å²) in [6.07, 6.45) is 2.37. The molecule has 1 aliphatic rings. The summed E-state index contributed by atoms with van der Waals surface area (Å²) in [5.41, 5.74) is 4.27. The molecule has 0 bridgehead atoms. The van der Waals surface area contributed by atoms with Gasteiger partial charge in [-0.15, -0.1) is 0 Å². The van der Waals surface area contributed by atoms with Crippen LogP contribution in [0.2, 0.25) is 0 Å². The average Bonchev–Trinajstić information content (AvgIpc) is 3.39. The molecule has 4 rings (SSSR count). The molecule has 10 heteroatoms. The molecule has 3 N–H and O–H groups in total. The third-order valence-electron chi connectivity index (χ3n) is 6.92. The summed E-state index contributed by atoms with van der Waals surface area (Å²) < 4.78 is 38.9. The zero-order chi connectivity index (χ0) is 29.4. The number of hydrogen-bond acceptors (Lipinski definition) is 6. The molecular weight excluding hydrogens is 531 g/mol. The van der Waals surface area contributed by atoms with Crippen LogP contribution in [-0.2, 0) is 20.4 Å². The number of likely N-dealkylation sites (N-methyl/N-ethyl adjacent to an activating group) is 2. The van der Waals surface area contributed by atoms with Gasteiger partial charge in [0, 0.05) is 41.3 Å². The molecule has 0 radical (unpaired) electrons. The van der Waals surface area contributed by atoms with Gasteiger partial charge in [-0.25, -0.2) is 12.8 Å². The topological polar surface area (TPSA) is 111 Å². The van der Waals surface area contributed by atoms with Crippen LogP contribution in [0.4, 0.5) is 10.1 Å². The molecule has 2 heterocycles. The lowest BCUT2D eigenvalue weighted by molar-refractivity contribution is -0.110. The van der Waals surface area contributed by atoms with Gasteiger partial charge in [0.1, 0.15) is 5.82 Å². The first-order chi connectivity index (χ1) is 19.0. The summed E-state index contributed by atoms with van der Waals surface area (Å²) in [6.45, 7) is 12.5. The Morgan fingerprint density at radius 1 is 1.05 bits per heavy atom. The van der Waals surface area contributed by atoms with Crippen LogP contribution in [0.15, 0.2) is 47.4 Å². The Kier molecular flexibility index (Phi) is 10.6. The standard InChI is InChI=1S/C23H19FN2O4S.C7H18N2/c1-13-20(11-27)14(2)25-22(13)10-19-18-9-17(7-8-21(18)26-23(19)28)31(29,30)12-15-3-5-16(24)6-4-15;1-4-9(5-2)7-6-8-3/h3-11,25H,12H2,1-2H3,(H,26,28);8H,4-7H2,1-3H3/b19-10-;. The Hall–Kier alpha value is -3.60. The Balaban J connectivity index is 0.000000424. The average molecular weight is 569 g/mol. The molecule has 1 amide bonds. The summed E-state index contributed by atoms with van der Waals surface area (Å²) in [7, 11) is -1.73. The van der Waals surface area contributed by atoms with Gasteiger partial charge in [-0.3, -0.25) is 9.59 Å². The van der Waals surface area contributed by atoms with Gasteiger partial charge < -0.3 is 20.5 Å². The number of aryl methyl sites for hydroxylation is 1. The maximum atomic E-state index is 13.1. The van der Waals surface area contributed by atoms with Gasteiger partial charge in [0.05, 0.1) is 16.2 Å². The van der Waals surface area contributed by atoms with Gasteiger partial charge in [-0.05, 0) is 81.5 Å². The largest absolute Gasteiger partial charge is 0.358 e. The number of H-pyrrole nitrogens is 1. The Morgan fingerprint density at radius 2 is 1.73 bits per heavy atom. The summed E-state index contributed by atoms with van der Waals surface area (Å²) in [6, 6.07) is 9.74. The number of aldehydes is 1. The van der Waals surface area contributed by atoms with E-state index in [4.69, 9.17) is 0 Å². The predicted molar refractivity (Wildman–Crippen MR) is 158 cm³/mol. The zero-order valence-corrected chi connectivity index (χ0v) is 24.4. The maximum Gasteiger partial charge on any atom is 0.256 e. The number of sulfone groups is 1. The molecule has 0 saturated heterocycles. The normalized spacial score (nSPS) is 13.7. The number of nitrogens with zero attached hydrogens (tertiary/aromatic N) is 1. The number of nitrogens with one attached hydrogen (secondary N) is 3. The predicted octanol–water partition coefficient (Wildman–Crippen LogP) is 4.60. The molecule has 0 unspecified atom stereocenters. The number of aromatic nitrogens is 1. The van der Waals surface area contributed by atoms with E-state index in [0.717, 1.165) is 25.9 Å². The summed E-state index contributed by atoms with van der Waals surface area (Å²) in [5.74, 6) is -1.09. The van der Waals surface area contributed by atoms with Crippen molar-refractivity contribution in [2.75, 3.05) is 38.5 Å². The van der Waals surface area contributed by atoms with Gasteiger partial charge in [0.25, 0.3) is 5.91 Å². The highest BCUT2D eigenvalue weighted by Gasteiger charge is 2.27. The van der Waals surface area contributed by atoms with Crippen molar-refractivity contribution in [2.45, 2.75) is 38.3 Å². The smallest absolute Gasteiger partial charge is 0.256 e. The molecule has 2 aromatic carbocycles. The fourth-order valence-electron chi connectivity index (χ4n) is 4.45. The number of anilines is 1. The fourth-order valence-corrected chi connectivity index (χ4v) is 5.82. The van der Waals surface area contributed by atoms with Crippen molar-refractivity contribution in [3.05, 3.63) is 81.9 Å². The van der Waals surface area contributed by atoms with Gasteiger partial charge in [-0.2, -0.15) is 0 Å². The van der Waals surface area contributed by atoms with E-state index in [1.165, 1.54) is 42.9 Å². The molecule has 0 saturated carbocycles. The highest BCUT2D eigenvalue weighted by molar-refractivity contribution is 7.90. The second-order valence-corrected chi connectivity index (χ2v) is 11.5. The van der Waals surface area contributed by atoms with Crippen LogP contribution in [0.25, 0.3) is 11.6 Å². The molecule has 0 atom stereocenters. The minimum absolute atomic E-state index is 0.0611. The summed E-state index contributed by atoms with van der Waals surface area (Å²) in [4.78, 5) is 29.4. The lowest BCUT2D eigenvalue weighted by Crippen LogP contribution is -2.30. The quantitative estimate of drug-likeness (QED) is 0.244. The fraction of sp³-hybridized carbons (Fsp3) is 0.333. The first-order valence-electron chi connectivity index (χ1n) is 13.2. The number of halogens is 1. The number of carbonyl (C=O) groups excluding carboxylic acids is 2. The van der Waals surface area contributed by atoms with Crippen LogP contribution in [0.3, 0.4) is 0 Å². The second-order valence-electron chi connectivity index (χ2n) is 9.56. The molecule has 0 fully saturated rings. The van der Waals surface area contributed by atoms with Crippen molar-refractivity contribution in [1.82, 2.24) is 15.2 Å². The number of amides is 1. The van der Waals surface area contributed by atoms with Crippen molar-refractivity contribution < 1.29 is 22.4 Å². The Bertz CT molecular complexity index is 1490. The minimum atomic E-state index is -3.72. The van der Waals surface area contributed by atoms with E-state index in [0.29, 0.717) is 44.9 Å². The molecule has 40 heavy (non-hydrogen) atoms. The molecule has 0 aliphatic carbocycles. The van der Waals surface area contributed by atoms with Crippen LogP contribution >= 0.6 is 0 Å². The number of rotatable bonds is 10. The molecule has 214 valence electrons. The first kappa shape index (κ1) is 30.9. The number of hydrogen-bond donors (Lipinski definition) is 3. The highest BCUT2D eigenvalue weighted by Crippen LogP contribution is 2.36. The van der Waals surface area contributed by atoms with Crippen molar-refractivity contribution >= 4 is 39.4 Å². The molecule has 0 spiro atoms. The molecule has 3 aromatic rings. The summed E-state index contributed by atoms with van der Waals surface area (Å²) in [5, 5.41) is 5.86. The number of fused-ring (bicyclic) bond motifs is 1. The van der Waals surface area contributed by atoms with E-state index in [2.05, 4.69) is 34.4 Å². The Labute approximate surface area is 235 Å². The lowest BCUT2D eigenvalue weighted by atomic mass is 10.0. The lowest BCUT2D eigenvalue weighted by Gasteiger charge is -2.16. The van der Waals surface area contributed by atoms with Gasteiger partial charge in [-0.1, -0.05) is 26.0 Å². The van der Waals surface area contributed by atoms with E-state index in [1.807, 2.05) is 7.05 Å². The van der Waals surface area contributed by atoms with Gasteiger partial charge in [0.2, 0.25) is 0 Å². The second kappa shape index (κ2) is 13.6. The first-order valence-corrected chi connectivity index (χ1v) is 14.9. The number of aromatic amines is 1. The van der Waals surface area contributed by atoms with Crippen molar-refractivity contribution in [3.63, 3.8) is 0 Å². The molecule has 1 aliphatic heterocycles. The van der Waals surface area contributed by atoms with Gasteiger partial charge >= 0.3 is 0 Å². The van der Waals surface area contributed by atoms with Crippen molar-refractivity contribution in [1.29, 1.82) is 0 Å². The van der Waals surface area contributed by atoms with Crippen LogP contribution in [0, 0.1) is 19.7 Å². The van der Waals surface area contributed by atoms with Crippen LogP contribution in [0.5, 0.6) is 0 Å². The Morgan fingerprint density at radius 3 is 2.30 bits per heavy atom. The zero-order valence-electron chi connectivity index (χ0n) is 23.6. The highest BCUT2D eigenvalue weighted by atomic mass is 32.2. The van der Waals surface area contributed by atoms with E-state index in [1.54, 1.807) is 26.0 Å². The molecule has 1 aromatic heterocycles. The van der Waals surface area contributed by atoms with Crippen LogP contribution < -0.4 is 10.6 Å². The third kappa shape index (κ3) is 7.32. The minimum Gasteiger partial charge on any atom is -0.358 e. The maximum absolute atomic E-state index is 13.1. The summed E-state index contributed by atoms with van der Waals surface area (Å²) >= 11 is 0. The molecular formula is C30H37FN4O4S. The third-order valence-corrected chi connectivity index (χ3v) is 8.60. The monoisotopic (exact) mass is 568 g/mol. The number of carbonyl (C=O) groups is 2. The van der Waals surface area contributed by atoms with E-state index in [-0.39, 0.29) is 16.6 Å². The van der Waals surface area contributed by atoms with Crippen molar-refractivity contribution in [2.24, 2.45) is 0 Å². The van der Waals surface area contributed by atoms with E-state index < -0.39 is 15.7 Å². The van der Waals surface area contributed by atoms with Gasteiger partial charge in [0.15, 0.2) is 16.1 Å². The number of benzene rings is 2. The van der Waals surface area contributed by atoms with Crippen LogP contribution in [0.1, 0.15) is 52.3 Å².